The minimum Gasteiger partial charge on any atom is -0.462 e. The third kappa shape index (κ3) is 60.9. The fourth-order valence-electron chi connectivity index (χ4n) is 9.96. The molecule has 17 nitrogen and oxygen atoms in total. The number of esters is 4. The van der Waals surface area contributed by atoms with E-state index in [1.807, 2.05) is 0 Å². The molecule has 0 aliphatic rings. The van der Waals surface area contributed by atoms with Crippen LogP contribution in [0, 0.1) is 23.7 Å². The van der Waals surface area contributed by atoms with Gasteiger partial charge in [0.25, 0.3) is 0 Å². The third-order valence-corrected chi connectivity index (χ3v) is 17.2. The minimum absolute atomic E-state index is 0.104. The summed E-state index contributed by atoms with van der Waals surface area (Å²) in [6.07, 6.45) is 37.8. The van der Waals surface area contributed by atoms with Crippen molar-refractivity contribution in [2.24, 2.45) is 23.7 Å². The number of aliphatic hydroxyl groups excluding tert-OH is 1. The van der Waals surface area contributed by atoms with Gasteiger partial charge in [-0.3, -0.25) is 37.3 Å². The Hall–Kier alpha value is -1.94. The molecule has 3 N–H and O–H groups in total. The largest absolute Gasteiger partial charge is 0.472 e. The SMILES string of the molecule is CC(C)CCCCCCCCCCCCCCC(=O)O[C@H](COC(=O)CCCCCCCCC(C)C)COP(=O)(O)OC[C@H](O)COP(=O)(O)OC[C@@H](COC(=O)CCCCCCCCCC(C)C)OC(=O)CCCCCCCCCCCC(C)C. The molecule has 0 aromatic carbocycles. The number of rotatable bonds is 64. The number of unbranched alkanes of at least 4 members (excludes halogenated alkanes) is 30. The van der Waals surface area contributed by atoms with Crippen LogP contribution in [0.15, 0.2) is 0 Å². The van der Waals surface area contributed by atoms with Gasteiger partial charge in [-0.2, -0.15) is 0 Å². The molecule has 5 atom stereocenters. The maximum absolute atomic E-state index is 13.0. The van der Waals surface area contributed by atoms with Crippen molar-refractivity contribution in [3.8, 4) is 0 Å². The topological polar surface area (TPSA) is 237 Å². The van der Waals surface area contributed by atoms with E-state index in [1.165, 1.54) is 116 Å². The van der Waals surface area contributed by atoms with Crippen molar-refractivity contribution in [3.63, 3.8) is 0 Å². The van der Waals surface area contributed by atoms with Crippen molar-refractivity contribution >= 4 is 39.5 Å². The van der Waals surface area contributed by atoms with Gasteiger partial charge in [-0.1, -0.05) is 274 Å². The average Bonchev–Trinajstić information content (AvgIpc) is 3.67. The zero-order valence-corrected chi connectivity index (χ0v) is 57.7. The van der Waals surface area contributed by atoms with Crippen LogP contribution in [0.25, 0.3) is 0 Å². The molecular formula is C67H130O17P2. The van der Waals surface area contributed by atoms with Gasteiger partial charge in [-0.15, -0.1) is 0 Å². The molecule has 0 saturated carbocycles. The average molecular weight is 1270 g/mol. The molecule has 0 aliphatic heterocycles. The fourth-order valence-corrected chi connectivity index (χ4v) is 11.5. The highest BCUT2D eigenvalue weighted by Gasteiger charge is 2.30. The van der Waals surface area contributed by atoms with Crippen molar-refractivity contribution in [3.05, 3.63) is 0 Å². The van der Waals surface area contributed by atoms with Gasteiger partial charge in [0.05, 0.1) is 26.4 Å². The van der Waals surface area contributed by atoms with Crippen LogP contribution in [0.4, 0.5) is 0 Å². The number of carbonyl (C=O) groups excluding carboxylic acids is 4. The number of hydrogen-bond donors (Lipinski definition) is 3. The van der Waals surface area contributed by atoms with Gasteiger partial charge in [0.15, 0.2) is 12.2 Å². The molecular weight excluding hydrogens is 1140 g/mol. The van der Waals surface area contributed by atoms with E-state index < -0.39 is 97.5 Å². The smallest absolute Gasteiger partial charge is 0.462 e. The van der Waals surface area contributed by atoms with E-state index >= 15 is 0 Å². The summed E-state index contributed by atoms with van der Waals surface area (Å²) >= 11 is 0. The Labute approximate surface area is 524 Å². The lowest BCUT2D eigenvalue weighted by atomic mass is 10.0. The van der Waals surface area contributed by atoms with E-state index in [0.29, 0.717) is 37.5 Å². The maximum Gasteiger partial charge on any atom is 0.472 e. The number of aliphatic hydroxyl groups is 1. The molecule has 510 valence electrons. The molecule has 0 radical (unpaired) electrons. The molecule has 0 fully saturated rings. The number of phosphoric ester groups is 2. The summed E-state index contributed by atoms with van der Waals surface area (Å²) in [5, 5.41) is 10.6. The molecule has 0 amide bonds. The molecule has 0 aliphatic carbocycles. The first-order chi connectivity index (χ1) is 41.1. The Kier molecular flexibility index (Phi) is 55.7. The summed E-state index contributed by atoms with van der Waals surface area (Å²) in [6, 6.07) is 0. The second-order valence-corrected chi connectivity index (χ2v) is 29.0. The number of carbonyl (C=O) groups is 4. The van der Waals surface area contributed by atoms with Gasteiger partial charge in [-0.25, -0.2) is 9.13 Å². The highest BCUT2D eigenvalue weighted by atomic mass is 31.2. The predicted octanol–water partition coefficient (Wildman–Crippen LogP) is 18.5. The van der Waals surface area contributed by atoms with E-state index in [1.54, 1.807) is 0 Å². The monoisotopic (exact) mass is 1270 g/mol. The quantitative estimate of drug-likeness (QED) is 0.0222. The highest BCUT2D eigenvalue weighted by molar-refractivity contribution is 7.47. The molecule has 0 rings (SSSR count). The molecule has 0 saturated heterocycles. The van der Waals surface area contributed by atoms with E-state index in [2.05, 4.69) is 55.4 Å². The Balaban J connectivity index is 5.24. The van der Waals surface area contributed by atoms with Crippen LogP contribution in [0.1, 0.15) is 325 Å². The molecule has 0 spiro atoms. The van der Waals surface area contributed by atoms with Crippen LogP contribution >= 0.6 is 15.6 Å². The zero-order valence-electron chi connectivity index (χ0n) is 55.9. The van der Waals surface area contributed by atoms with E-state index in [4.69, 9.17) is 37.0 Å². The van der Waals surface area contributed by atoms with Gasteiger partial charge in [0.1, 0.15) is 19.3 Å². The molecule has 0 heterocycles. The molecule has 2 unspecified atom stereocenters. The Bertz CT molecular complexity index is 1710. The zero-order chi connectivity index (χ0) is 63.9. The van der Waals surface area contributed by atoms with Gasteiger partial charge in [0.2, 0.25) is 0 Å². The van der Waals surface area contributed by atoms with Crippen LogP contribution in [-0.4, -0.2) is 96.7 Å². The van der Waals surface area contributed by atoms with Crippen LogP contribution in [-0.2, 0) is 65.4 Å². The van der Waals surface area contributed by atoms with Crippen molar-refractivity contribution in [1.29, 1.82) is 0 Å². The van der Waals surface area contributed by atoms with Crippen LogP contribution in [0.5, 0.6) is 0 Å². The Morgan fingerprint density at radius 1 is 0.291 bits per heavy atom. The van der Waals surface area contributed by atoms with Crippen molar-refractivity contribution in [2.75, 3.05) is 39.6 Å². The lowest BCUT2D eigenvalue weighted by molar-refractivity contribution is -0.161. The Morgan fingerprint density at radius 2 is 0.488 bits per heavy atom. The standard InChI is InChI=1S/C67H130O17P2/c1-57(2)43-35-27-19-14-11-9-10-12-16-22-33-41-49-66(71)84-63(54-78-65(70)48-40-32-26-25-30-38-46-60(7)8)56-82-86(75,76)80-52-61(68)51-79-85(73,74)81-55-62(53-77-64(69)47-39-31-24-18-21-29-37-45-59(5)6)83-67(72)50-42-34-23-17-13-15-20-28-36-44-58(3)4/h57-63,68H,9-56H2,1-8H3,(H,73,74)(H,75,76)/t61-,62-,63-/m1/s1. The van der Waals surface area contributed by atoms with E-state index in [9.17, 15) is 43.2 Å². The first-order valence-electron chi connectivity index (χ1n) is 34.7. The molecule has 0 bridgehead atoms. The van der Waals surface area contributed by atoms with Crippen LogP contribution < -0.4 is 0 Å². The lowest BCUT2D eigenvalue weighted by Crippen LogP contribution is -2.30. The van der Waals surface area contributed by atoms with E-state index in [0.717, 1.165) is 115 Å². The lowest BCUT2D eigenvalue weighted by Gasteiger charge is -2.21. The summed E-state index contributed by atoms with van der Waals surface area (Å²) < 4.78 is 68.1. The Morgan fingerprint density at radius 3 is 0.721 bits per heavy atom. The van der Waals surface area contributed by atoms with Crippen LogP contribution in [0.2, 0.25) is 0 Å². The summed E-state index contributed by atoms with van der Waals surface area (Å²) in [5.74, 6) is 0.761. The maximum atomic E-state index is 13.0. The summed E-state index contributed by atoms with van der Waals surface area (Å²) in [6.45, 7) is 14.0. The second-order valence-electron chi connectivity index (χ2n) is 26.1. The normalized spacial score (nSPS) is 14.4. The summed E-state index contributed by atoms with van der Waals surface area (Å²) in [5.41, 5.74) is 0. The van der Waals surface area contributed by atoms with Gasteiger partial charge < -0.3 is 33.8 Å². The molecule has 19 heteroatoms. The molecule has 86 heavy (non-hydrogen) atoms. The number of hydrogen-bond acceptors (Lipinski definition) is 15. The third-order valence-electron chi connectivity index (χ3n) is 15.3. The van der Waals surface area contributed by atoms with Gasteiger partial charge in [0, 0.05) is 25.7 Å². The van der Waals surface area contributed by atoms with Crippen molar-refractivity contribution < 1.29 is 80.2 Å². The fraction of sp³-hybridized carbons (Fsp3) is 0.940. The van der Waals surface area contributed by atoms with Crippen molar-refractivity contribution in [1.82, 2.24) is 0 Å². The number of phosphoric acid groups is 2. The summed E-state index contributed by atoms with van der Waals surface area (Å²) in [7, 11) is -9.90. The predicted molar refractivity (Wildman–Crippen MR) is 344 cm³/mol. The molecule has 0 aromatic rings. The molecule has 0 aromatic heterocycles. The van der Waals surface area contributed by atoms with Crippen LogP contribution in [0.3, 0.4) is 0 Å². The van der Waals surface area contributed by atoms with E-state index in [-0.39, 0.29) is 25.7 Å². The van der Waals surface area contributed by atoms with Crippen molar-refractivity contribution in [2.45, 2.75) is 343 Å². The second kappa shape index (κ2) is 57.0. The highest BCUT2D eigenvalue weighted by Crippen LogP contribution is 2.45. The minimum atomic E-state index is -4.95. The van der Waals surface area contributed by atoms with Gasteiger partial charge >= 0.3 is 39.5 Å². The first-order valence-corrected chi connectivity index (χ1v) is 37.7. The first kappa shape index (κ1) is 84.1. The summed E-state index contributed by atoms with van der Waals surface area (Å²) in [4.78, 5) is 72.3. The van der Waals surface area contributed by atoms with Gasteiger partial charge in [-0.05, 0) is 49.4 Å². The number of ether oxygens (including phenoxy) is 4.